The van der Waals surface area contributed by atoms with Crippen molar-refractivity contribution in [2.45, 2.75) is 37.5 Å². The number of aryl methyl sites for hydroxylation is 1. The predicted octanol–water partition coefficient (Wildman–Crippen LogP) is 1.93. The molecule has 94 valence electrons. The summed E-state index contributed by atoms with van der Waals surface area (Å²) >= 11 is 1.87. The molecular weight excluding hydrogens is 234 g/mol. The van der Waals surface area contributed by atoms with Crippen molar-refractivity contribution in [3.05, 3.63) is 17.6 Å². The van der Waals surface area contributed by atoms with Crippen molar-refractivity contribution in [3.63, 3.8) is 0 Å². The molecule has 17 heavy (non-hydrogen) atoms. The maximum Gasteiger partial charge on any atom is 0.130 e. The Morgan fingerprint density at radius 3 is 2.76 bits per heavy atom. The number of aliphatic hydroxyl groups excluding tert-OH is 1. The molecule has 1 aliphatic carbocycles. The first-order chi connectivity index (χ1) is 8.09. The van der Waals surface area contributed by atoms with E-state index in [0.717, 1.165) is 17.3 Å². The average Bonchev–Trinajstić information content (AvgIpc) is 3.09. The summed E-state index contributed by atoms with van der Waals surface area (Å²) in [5, 5.41) is 12.2. The van der Waals surface area contributed by atoms with Crippen LogP contribution in [0.1, 0.15) is 31.3 Å². The van der Waals surface area contributed by atoms with Gasteiger partial charge in [0.05, 0.1) is 17.0 Å². The molecule has 1 aliphatic rings. The second kappa shape index (κ2) is 4.82. The highest BCUT2D eigenvalue weighted by Crippen LogP contribution is 2.55. The Morgan fingerprint density at radius 2 is 2.24 bits per heavy atom. The highest BCUT2D eigenvalue weighted by Gasteiger charge is 2.45. The monoisotopic (exact) mass is 253 g/mol. The molecule has 0 aliphatic heterocycles. The molecule has 0 aromatic carbocycles. The van der Waals surface area contributed by atoms with E-state index in [1.165, 1.54) is 12.8 Å². The van der Waals surface area contributed by atoms with Gasteiger partial charge in [-0.3, -0.25) is 0 Å². The summed E-state index contributed by atoms with van der Waals surface area (Å²) in [5.41, 5.74) is 1.12. The number of nitrogens with one attached hydrogen (secondary N) is 1. The van der Waals surface area contributed by atoms with Gasteiger partial charge in [-0.15, -0.1) is 0 Å². The first-order valence-electron chi connectivity index (χ1n) is 5.88. The van der Waals surface area contributed by atoms with E-state index < -0.39 is 0 Å². The van der Waals surface area contributed by atoms with Crippen LogP contribution in [0.3, 0.4) is 0 Å². The fraction of sp³-hybridized carbons (Fsp3) is 0.667. The molecule has 2 rings (SSSR count). The van der Waals surface area contributed by atoms with Crippen LogP contribution >= 0.6 is 11.8 Å². The van der Waals surface area contributed by atoms with Crippen molar-refractivity contribution in [2.24, 2.45) is 0 Å². The predicted molar refractivity (Wildman–Crippen MR) is 71.4 cm³/mol. The number of aliphatic hydroxyl groups is 1. The molecule has 1 aromatic heterocycles. The fourth-order valence-corrected chi connectivity index (χ4v) is 2.68. The number of aromatic nitrogens is 2. The molecule has 2 N–H and O–H groups in total. The maximum absolute atomic E-state index is 9.04. The Hall–Kier alpha value is -0.810. The third-order valence-electron chi connectivity index (χ3n) is 3.07. The SMILES string of the molecule is CSC1(c2cc(N[C@H](C)CO)nc(C)n2)CC1. The van der Waals surface area contributed by atoms with E-state index in [9.17, 15) is 0 Å². The lowest BCUT2D eigenvalue weighted by Gasteiger charge is -2.16. The first kappa shape index (κ1) is 12.6. The van der Waals surface area contributed by atoms with Crippen LogP contribution in [0.2, 0.25) is 0 Å². The molecule has 0 radical (unpaired) electrons. The van der Waals surface area contributed by atoms with Gasteiger partial charge in [-0.2, -0.15) is 11.8 Å². The van der Waals surface area contributed by atoms with Crippen molar-refractivity contribution < 1.29 is 5.11 Å². The molecule has 0 spiro atoms. The fourth-order valence-electron chi connectivity index (χ4n) is 1.85. The van der Waals surface area contributed by atoms with Gasteiger partial charge >= 0.3 is 0 Å². The molecule has 4 nitrogen and oxygen atoms in total. The van der Waals surface area contributed by atoms with Crippen LogP contribution in [0.15, 0.2) is 6.07 Å². The Morgan fingerprint density at radius 1 is 1.53 bits per heavy atom. The van der Waals surface area contributed by atoms with E-state index in [1.54, 1.807) is 0 Å². The molecule has 1 saturated carbocycles. The van der Waals surface area contributed by atoms with E-state index >= 15 is 0 Å². The molecule has 0 bridgehead atoms. The van der Waals surface area contributed by atoms with Gasteiger partial charge in [-0.1, -0.05) is 0 Å². The Balaban J connectivity index is 2.24. The topological polar surface area (TPSA) is 58.0 Å². The Kier molecular flexibility index (Phi) is 3.58. The zero-order valence-corrected chi connectivity index (χ0v) is 11.3. The van der Waals surface area contributed by atoms with Gasteiger partial charge in [0.15, 0.2) is 0 Å². The molecule has 1 atom stereocenters. The van der Waals surface area contributed by atoms with Gasteiger partial charge in [0.25, 0.3) is 0 Å². The minimum Gasteiger partial charge on any atom is -0.394 e. The van der Waals surface area contributed by atoms with E-state index in [-0.39, 0.29) is 17.4 Å². The first-order valence-corrected chi connectivity index (χ1v) is 7.11. The lowest BCUT2D eigenvalue weighted by molar-refractivity contribution is 0.281. The number of thioether (sulfide) groups is 1. The van der Waals surface area contributed by atoms with Crippen LogP contribution in [0, 0.1) is 6.92 Å². The van der Waals surface area contributed by atoms with Crippen LogP contribution in [-0.2, 0) is 4.75 Å². The summed E-state index contributed by atoms with van der Waals surface area (Å²) in [6.07, 6.45) is 4.52. The van der Waals surface area contributed by atoms with E-state index in [4.69, 9.17) is 5.11 Å². The zero-order chi connectivity index (χ0) is 12.5. The molecular formula is C12H19N3OS. The van der Waals surface area contributed by atoms with Crippen molar-refractivity contribution in [1.82, 2.24) is 9.97 Å². The summed E-state index contributed by atoms with van der Waals surface area (Å²) in [6.45, 7) is 3.94. The largest absolute Gasteiger partial charge is 0.394 e. The van der Waals surface area contributed by atoms with E-state index in [1.807, 2.05) is 31.7 Å². The van der Waals surface area contributed by atoms with Gasteiger partial charge in [0, 0.05) is 12.1 Å². The second-order valence-corrected chi connectivity index (χ2v) is 5.80. The van der Waals surface area contributed by atoms with Crippen LogP contribution in [0.4, 0.5) is 5.82 Å². The Bertz CT molecular complexity index is 407. The quantitative estimate of drug-likeness (QED) is 0.839. The molecule has 0 saturated heterocycles. The van der Waals surface area contributed by atoms with Crippen LogP contribution in [-0.4, -0.2) is 34.0 Å². The smallest absolute Gasteiger partial charge is 0.130 e. The van der Waals surface area contributed by atoms with Gasteiger partial charge in [0.1, 0.15) is 11.6 Å². The average molecular weight is 253 g/mol. The summed E-state index contributed by atoms with van der Waals surface area (Å²) in [6, 6.07) is 2.03. The molecule has 1 heterocycles. The summed E-state index contributed by atoms with van der Waals surface area (Å²) < 4.78 is 0.215. The normalized spacial score (nSPS) is 18.8. The Labute approximate surface area is 106 Å². The third kappa shape index (κ3) is 2.72. The number of rotatable bonds is 5. The molecule has 1 fully saturated rings. The van der Waals surface area contributed by atoms with E-state index in [0.29, 0.717) is 0 Å². The van der Waals surface area contributed by atoms with Crippen molar-refractivity contribution in [1.29, 1.82) is 0 Å². The minimum absolute atomic E-state index is 0.0154. The second-order valence-electron chi connectivity index (χ2n) is 4.61. The maximum atomic E-state index is 9.04. The highest BCUT2D eigenvalue weighted by atomic mass is 32.2. The van der Waals surface area contributed by atoms with Crippen LogP contribution in [0.25, 0.3) is 0 Å². The summed E-state index contributed by atoms with van der Waals surface area (Å²) in [5.74, 6) is 1.60. The van der Waals surface area contributed by atoms with Crippen molar-refractivity contribution >= 4 is 17.6 Å². The minimum atomic E-state index is 0.0154. The third-order valence-corrected chi connectivity index (χ3v) is 4.47. The zero-order valence-electron chi connectivity index (χ0n) is 10.5. The molecule has 5 heteroatoms. The summed E-state index contributed by atoms with van der Waals surface area (Å²) in [7, 11) is 0. The van der Waals surface area contributed by atoms with Crippen molar-refractivity contribution in [3.8, 4) is 0 Å². The molecule has 0 unspecified atom stereocenters. The molecule has 1 aromatic rings. The van der Waals surface area contributed by atoms with Gasteiger partial charge in [-0.05, 0) is 32.9 Å². The van der Waals surface area contributed by atoms with Crippen LogP contribution in [0.5, 0.6) is 0 Å². The lowest BCUT2D eigenvalue weighted by Crippen LogP contribution is -2.21. The van der Waals surface area contributed by atoms with Gasteiger partial charge < -0.3 is 10.4 Å². The van der Waals surface area contributed by atoms with Gasteiger partial charge in [-0.25, -0.2) is 9.97 Å². The standard InChI is InChI=1S/C12H19N3OS/c1-8(7-16)13-11-6-10(14-9(2)15-11)12(17-3)4-5-12/h6,8,16H,4-5,7H2,1-3H3,(H,13,14,15)/t8-/m1/s1. The highest BCUT2D eigenvalue weighted by molar-refractivity contribution is 7.99. The van der Waals surface area contributed by atoms with Crippen molar-refractivity contribution in [2.75, 3.05) is 18.2 Å². The number of hydrogen-bond acceptors (Lipinski definition) is 5. The number of nitrogens with zero attached hydrogens (tertiary/aromatic N) is 2. The number of anilines is 1. The lowest BCUT2D eigenvalue weighted by atomic mass is 10.2. The van der Waals surface area contributed by atoms with E-state index in [2.05, 4.69) is 21.5 Å². The number of hydrogen-bond donors (Lipinski definition) is 2. The molecule has 0 amide bonds. The summed E-state index contributed by atoms with van der Waals surface area (Å²) in [4.78, 5) is 8.89. The van der Waals surface area contributed by atoms with Gasteiger partial charge in [0.2, 0.25) is 0 Å². The van der Waals surface area contributed by atoms with Crippen LogP contribution < -0.4 is 5.32 Å².